The lowest BCUT2D eigenvalue weighted by Crippen LogP contribution is -2.34. The molecule has 1 fully saturated rings. The molecule has 0 saturated heterocycles. The van der Waals surface area contributed by atoms with Crippen LogP contribution in [0.25, 0.3) is 0 Å². The summed E-state index contributed by atoms with van der Waals surface area (Å²) in [5.74, 6) is 0.397. The molecule has 1 unspecified atom stereocenters. The van der Waals surface area contributed by atoms with Gasteiger partial charge in [-0.05, 0) is 36.5 Å². The molecule has 2 N–H and O–H groups in total. The number of hydrogen-bond acceptors (Lipinski definition) is 3. The van der Waals surface area contributed by atoms with E-state index in [1.807, 2.05) is 0 Å². The minimum atomic E-state index is -3.38. The van der Waals surface area contributed by atoms with Crippen LogP contribution in [-0.2, 0) is 10.0 Å². The fourth-order valence-electron chi connectivity index (χ4n) is 2.66. The molecule has 20 heavy (non-hydrogen) atoms. The summed E-state index contributed by atoms with van der Waals surface area (Å²) in [7, 11) is -3.38. The van der Waals surface area contributed by atoms with Crippen LogP contribution in [0.4, 0.5) is 0 Å². The summed E-state index contributed by atoms with van der Waals surface area (Å²) in [6.07, 6.45) is 4.18. The zero-order valence-corrected chi connectivity index (χ0v) is 12.8. The third kappa shape index (κ3) is 4.45. The van der Waals surface area contributed by atoms with E-state index in [0.29, 0.717) is 10.6 Å². The summed E-state index contributed by atoms with van der Waals surface area (Å²) in [6, 6.07) is 6.21. The van der Waals surface area contributed by atoms with Crippen LogP contribution in [0.15, 0.2) is 24.3 Å². The fraction of sp³-hybridized carbons (Fsp3) is 0.571. The van der Waals surface area contributed by atoms with Crippen molar-refractivity contribution < 1.29 is 13.5 Å². The second kappa shape index (κ2) is 6.89. The van der Waals surface area contributed by atoms with Gasteiger partial charge in [0.05, 0.1) is 18.4 Å². The first-order valence-electron chi connectivity index (χ1n) is 6.86. The van der Waals surface area contributed by atoms with Gasteiger partial charge in [-0.3, -0.25) is 0 Å². The minimum absolute atomic E-state index is 0.150. The second-order valence-corrected chi connectivity index (χ2v) is 7.57. The summed E-state index contributed by atoms with van der Waals surface area (Å²) in [4.78, 5) is 0. The van der Waals surface area contributed by atoms with Gasteiger partial charge in [0.2, 0.25) is 10.0 Å². The van der Waals surface area contributed by atoms with Crippen molar-refractivity contribution in [3.05, 3.63) is 34.9 Å². The number of benzene rings is 1. The van der Waals surface area contributed by atoms with Gasteiger partial charge < -0.3 is 5.11 Å². The third-order valence-corrected chi connectivity index (χ3v) is 5.51. The Hall–Kier alpha value is -0.620. The van der Waals surface area contributed by atoms with E-state index in [1.165, 1.54) is 0 Å². The van der Waals surface area contributed by atoms with Crippen LogP contribution in [0.1, 0.15) is 37.3 Å². The highest BCUT2D eigenvalue weighted by Crippen LogP contribution is 2.26. The highest BCUT2D eigenvalue weighted by molar-refractivity contribution is 7.89. The molecule has 6 heteroatoms. The van der Waals surface area contributed by atoms with Crippen LogP contribution in [0.3, 0.4) is 0 Å². The van der Waals surface area contributed by atoms with Crippen molar-refractivity contribution in [2.45, 2.75) is 31.7 Å². The first-order valence-corrected chi connectivity index (χ1v) is 8.89. The van der Waals surface area contributed by atoms with E-state index in [9.17, 15) is 13.5 Å². The van der Waals surface area contributed by atoms with Crippen molar-refractivity contribution in [3.63, 3.8) is 0 Å². The highest BCUT2D eigenvalue weighted by atomic mass is 35.5. The van der Waals surface area contributed by atoms with Crippen LogP contribution in [-0.4, -0.2) is 25.9 Å². The Bertz CT molecular complexity index is 524. The molecule has 0 aliphatic heterocycles. The fourth-order valence-corrected chi connectivity index (χ4v) is 4.48. The Morgan fingerprint density at radius 3 is 2.40 bits per heavy atom. The van der Waals surface area contributed by atoms with Crippen molar-refractivity contribution in [2.75, 3.05) is 12.4 Å². The molecular formula is C14H20ClNO3S. The van der Waals surface area contributed by atoms with E-state index in [-0.39, 0.29) is 18.3 Å². The zero-order chi connectivity index (χ0) is 14.6. The van der Waals surface area contributed by atoms with Crippen LogP contribution >= 0.6 is 11.6 Å². The molecule has 1 aliphatic rings. The molecule has 0 amide bonds. The summed E-state index contributed by atoms with van der Waals surface area (Å²) in [6.45, 7) is -0.272. The molecule has 0 radical (unpaired) electrons. The van der Waals surface area contributed by atoms with Crippen LogP contribution in [0, 0.1) is 5.92 Å². The van der Waals surface area contributed by atoms with Gasteiger partial charge in [0.25, 0.3) is 0 Å². The van der Waals surface area contributed by atoms with Crippen LogP contribution in [0.5, 0.6) is 0 Å². The number of hydrogen-bond donors (Lipinski definition) is 2. The smallest absolute Gasteiger partial charge is 0.212 e. The monoisotopic (exact) mass is 317 g/mol. The van der Waals surface area contributed by atoms with Gasteiger partial charge in [0, 0.05) is 5.02 Å². The van der Waals surface area contributed by atoms with Gasteiger partial charge in [0.1, 0.15) is 0 Å². The first kappa shape index (κ1) is 15.8. The number of aliphatic hydroxyl groups excluding tert-OH is 1. The minimum Gasteiger partial charge on any atom is -0.394 e. The van der Waals surface area contributed by atoms with Crippen LogP contribution < -0.4 is 4.72 Å². The largest absolute Gasteiger partial charge is 0.394 e. The molecule has 1 aromatic rings. The maximum atomic E-state index is 12.1. The Labute approximate surface area is 125 Å². The van der Waals surface area contributed by atoms with Crippen molar-refractivity contribution in [2.24, 2.45) is 5.92 Å². The average molecular weight is 318 g/mol. The maximum Gasteiger partial charge on any atom is 0.212 e. The normalized spacial score (nSPS) is 18.3. The first-order chi connectivity index (χ1) is 9.50. The predicted octanol–water partition coefficient (Wildman–Crippen LogP) is 2.48. The lowest BCUT2D eigenvalue weighted by molar-refractivity contribution is 0.258. The van der Waals surface area contributed by atoms with Gasteiger partial charge in [-0.2, -0.15) is 0 Å². The zero-order valence-electron chi connectivity index (χ0n) is 11.3. The SMILES string of the molecule is O=S(=O)(CC1CCCC1)NC(CO)c1ccc(Cl)cc1. The van der Waals surface area contributed by atoms with Crippen LogP contribution in [0.2, 0.25) is 5.02 Å². The van der Waals surface area contributed by atoms with Gasteiger partial charge >= 0.3 is 0 Å². The Balaban J connectivity index is 2.02. The van der Waals surface area contributed by atoms with Gasteiger partial charge in [0.15, 0.2) is 0 Å². The molecule has 1 saturated carbocycles. The molecule has 2 rings (SSSR count). The van der Waals surface area contributed by atoms with E-state index in [1.54, 1.807) is 24.3 Å². The van der Waals surface area contributed by atoms with Gasteiger partial charge in [-0.15, -0.1) is 0 Å². The van der Waals surface area contributed by atoms with Crippen molar-refractivity contribution in [1.82, 2.24) is 4.72 Å². The van der Waals surface area contributed by atoms with Crippen molar-refractivity contribution >= 4 is 21.6 Å². The van der Waals surface area contributed by atoms with Crippen molar-refractivity contribution in [3.8, 4) is 0 Å². The number of halogens is 1. The molecule has 1 aliphatic carbocycles. The quantitative estimate of drug-likeness (QED) is 0.847. The Morgan fingerprint density at radius 2 is 1.85 bits per heavy atom. The highest BCUT2D eigenvalue weighted by Gasteiger charge is 2.25. The lowest BCUT2D eigenvalue weighted by atomic mass is 10.1. The number of nitrogens with one attached hydrogen (secondary N) is 1. The molecule has 1 atom stereocenters. The van der Waals surface area contributed by atoms with Gasteiger partial charge in [-0.25, -0.2) is 13.1 Å². The second-order valence-electron chi connectivity index (χ2n) is 5.34. The summed E-state index contributed by atoms with van der Waals surface area (Å²) in [5.41, 5.74) is 0.715. The van der Waals surface area contributed by atoms with E-state index in [2.05, 4.69) is 4.72 Å². The van der Waals surface area contributed by atoms with Crippen molar-refractivity contribution in [1.29, 1.82) is 0 Å². The number of aliphatic hydroxyl groups is 1. The predicted molar refractivity (Wildman–Crippen MR) is 80.2 cm³/mol. The molecular weight excluding hydrogens is 298 g/mol. The molecule has 0 heterocycles. The molecule has 0 spiro atoms. The topological polar surface area (TPSA) is 66.4 Å². The maximum absolute atomic E-state index is 12.1. The number of sulfonamides is 1. The van der Waals surface area contributed by atoms with E-state index >= 15 is 0 Å². The van der Waals surface area contributed by atoms with Gasteiger partial charge in [-0.1, -0.05) is 36.6 Å². The molecule has 112 valence electrons. The molecule has 4 nitrogen and oxygen atoms in total. The molecule has 0 aromatic heterocycles. The Morgan fingerprint density at radius 1 is 1.25 bits per heavy atom. The average Bonchev–Trinajstić information content (AvgIpc) is 2.89. The lowest BCUT2D eigenvalue weighted by Gasteiger charge is -2.18. The summed E-state index contributed by atoms with van der Waals surface area (Å²) in [5, 5.41) is 10.00. The van der Waals surface area contributed by atoms with E-state index in [0.717, 1.165) is 25.7 Å². The summed E-state index contributed by atoms with van der Waals surface area (Å²) < 4.78 is 26.9. The Kier molecular flexibility index (Phi) is 5.43. The van der Waals surface area contributed by atoms with E-state index < -0.39 is 16.1 Å². The molecule has 0 bridgehead atoms. The number of rotatable bonds is 6. The molecule has 1 aromatic carbocycles. The summed E-state index contributed by atoms with van der Waals surface area (Å²) >= 11 is 5.80. The standard InChI is InChI=1S/C14H20ClNO3S/c15-13-7-5-12(6-8-13)14(9-17)16-20(18,19)10-11-3-1-2-4-11/h5-8,11,14,16-17H,1-4,9-10H2. The third-order valence-electron chi connectivity index (χ3n) is 3.71. The van der Waals surface area contributed by atoms with E-state index in [4.69, 9.17) is 11.6 Å².